The summed E-state index contributed by atoms with van der Waals surface area (Å²) < 4.78 is 21.7. The van der Waals surface area contributed by atoms with Crippen molar-refractivity contribution in [1.82, 2.24) is 9.13 Å². The number of hydrogen-bond donors (Lipinski definition) is 1. The number of thiophene rings is 1. The first kappa shape index (κ1) is 20.5. The maximum atomic E-state index is 13.8. The van der Waals surface area contributed by atoms with Crippen LogP contribution in [-0.4, -0.2) is 22.2 Å². The van der Waals surface area contributed by atoms with Gasteiger partial charge < -0.3 is 10.1 Å². The number of amides is 1. The largest absolute Gasteiger partial charge is 0.497 e. The van der Waals surface area contributed by atoms with Gasteiger partial charge in [-0.3, -0.25) is 18.7 Å². The van der Waals surface area contributed by atoms with E-state index >= 15 is 0 Å². The van der Waals surface area contributed by atoms with Crippen LogP contribution in [0.25, 0.3) is 10.2 Å². The number of hydrogen-bond acceptors (Lipinski definition) is 5. The number of halogens is 1. The number of nitrogens with zero attached hydrogens (tertiary/aromatic N) is 2. The van der Waals surface area contributed by atoms with Crippen molar-refractivity contribution in [1.29, 1.82) is 0 Å². The van der Waals surface area contributed by atoms with Gasteiger partial charge in [0.25, 0.3) is 5.56 Å². The third kappa shape index (κ3) is 4.13. The lowest BCUT2D eigenvalue weighted by atomic mass is 10.2. The Bertz CT molecular complexity index is 1370. The second-order valence-corrected chi connectivity index (χ2v) is 7.69. The lowest BCUT2D eigenvalue weighted by Gasteiger charge is -2.13. The summed E-state index contributed by atoms with van der Waals surface area (Å²) >= 11 is 1.20. The second kappa shape index (κ2) is 8.57. The van der Waals surface area contributed by atoms with E-state index in [9.17, 15) is 18.8 Å². The van der Waals surface area contributed by atoms with Crippen LogP contribution < -0.4 is 21.3 Å². The molecule has 7 nitrogen and oxygen atoms in total. The van der Waals surface area contributed by atoms with E-state index in [4.69, 9.17) is 4.74 Å². The fourth-order valence-corrected chi connectivity index (χ4v) is 4.08. The molecule has 158 valence electrons. The molecule has 1 N–H and O–H groups in total. The molecule has 9 heteroatoms. The molecule has 0 saturated heterocycles. The number of carbonyl (C=O) groups excluding carboxylic acids is 1. The summed E-state index contributed by atoms with van der Waals surface area (Å²) in [7, 11) is 1.55. The van der Waals surface area contributed by atoms with E-state index in [-0.39, 0.29) is 18.8 Å². The van der Waals surface area contributed by atoms with Crippen molar-refractivity contribution < 1.29 is 13.9 Å². The second-order valence-electron chi connectivity index (χ2n) is 6.77. The average molecular weight is 439 g/mol. The van der Waals surface area contributed by atoms with Gasteiger partial charge >= 0.3 is 5.69 Å². The number of para-hydroxylation sites is 1. The highest BCUT2D eigenvalue weighted by molar-refractivity contribution is 7.17. The molecule has 1 amide bonds. The summed E-state index contributed by atoms with van der Waals surface area (Å²) in [5.41, 5.74) is 0.0913. The van der Waals surface area contributed by atoms with Gasteiger partial charge in [-0.15, -0.1) is 11.3 Å². The zero-order valence-electron chi connectivity index (χ0n) is 16.5. The van der Waals surface area contributed by atoms with E-state index in [0.717, 1.165) is 10.1 Å². The highest BCUT2D eigenvalue weighted by Crippen LogP contribution is 2.17. The van der Waals surface area contributed by atoms with Gasteiger partial charge in [-0.1, -0.05) is 24.3 Å². The Morgan fingerprint density at radius 2 is 1.81 bits per heavy atom. The fourth-order valence-electron chi connectivity index (χ4n) is 3.23. The molecule has 0 unspecified atom stereocenters. The molecule has 0 atom stereocenters. The number of ether oxygens (including phenoxy) is 1. The van der Waals surface area contributed by atoms with E-state index in [1.165, 1.54) is 34.1 Å². The van der Waals surface area contributed by atoms with Crippen molar-refractivity contribution in [3.63, 3.8) is 0 Å². The number of aromatic nitrogens is 2. The van der Waals surface area contributed by atoms with E-state index in [1.807, 2.05) is 0 Å². The summed E-state index contributed by atoms with van der Waals surface area (Å²) in [6, 6.07) is 14.4. The topological polar surface area (TPSA) is 82.3 Å². The van der Waals surface area contributed by atoms with E-state index in [2.05, 4.69) is 5.32 Å². The minimum absolute atomic E-state index is 0.0219. The summed E-state index contributed by atoms with van der Waals surface area (Å²) in [6.45, 7) is -0.312. The Hall–Kier alpha value is -3.72. The minimum Gasteiger partial charge on any atom is -0.497 e. The number of anilines is 1. The molecule has 2 aromatic carbocycles. The predicted octanol–water partition coefficient (Wildman–Crippen LogP) is 3.06. The van der Waals surface area contributed by atoms with Gasteiger partial charge in [-0.05, 0) is 41.3 Å². The van der Waals surface area contributed by atoms with E-state index in [1.54, 1.807) is 48.9 Å². The highest BCUT2D eigenvalue weighted by atomic mass is 32.1. The lowest BCUT2D eigenvalue weighted by Crippen LogP contribution is -2.41. The molecule has 0 spiro atoms. The molecule has 0 saturated carbocycles. The predicted molar refractivity (Wildman–Crippen MR) is 117 cm³/mol. The summed E-state index contributed by atoms with van der Waals surface area (Å²) in [4.78, 5) is 38.6. The Labute approximate surface area is 180 Å². The molecular formula is C22H18FN3O4S. The maximum Gasteiger partial charge on any atom is 0.332 e. The van der Waals surface area contributed by atoms with Crippen molar-refractivity contribution in [2.24, 2.45) is 0 Å². The molecule has 4 rings (SSSR count). The van der Waals surface area contributed by atoms with Crippen LogP contribution in [0.4, 0.5) is 10.1 Å². The Balaban J connectivity index is 1.70. The standard InChI is InChI=1S/C22H18FN3O4S/c1-30-15-8-6-14(7-9-15)12-26-21(28)20-18(10-11-31-20)25(22(26)29)13-19(27)24-17-5-3-2-4-16(17)23/h2-11H,12-13H2,1H3,(H,24,27). The summed E-state index contributed by atoms with van der Waals surface area (Å²) in [5, 5.41) is 4.16. The third-order valence-electron chi connectivity index (χ3n) is 4.79. The summed E-state index contributed by atoms with van der Waals surface area (Å²) in [6.07, 6.45) is 0. The van der Waals surface area contributed by atoms with Crippen molar-refractivity contribution in [2.75, 3.05) is 12.4 Å². The molecule has 0 aliphatic carbocycles. The Morgan fingerprint density at radius 1 is 1.06 bits per heavy atom. The van der Waals surface area contributed by atoms with Crippen LogP contribution in [0.5, 0.6) is 5.75 Å². The average Bonchev–Trinajstić information content (AvgIpc) is 3.26. The molecule has 2 aromatic heterocycles. The molecule has 0 aliphatic heterocycles. The number of methoxy groups -OCH3 is 1. The van der Waals surface area contributed by atoms with Crippen molar-refractivity contribution in [2.45, 2.75) is 13.1 Å². The number of benzene rings is 2. The number of rotatable bonds is 6. The molecule has 0 fully saturated rings. The molecule has 4 aromatic rings. The van der Waals surface area contributed by atoms with Crippen molar-refractivity contribution in [3.8, 4) is 5.75 Å². The zero-order valence-corrected chi connectivity index (χ0v) is 17.3. The monoisotopic (exact) mass is 439 g/mol. The van der Waals surface area contributed by atoms with Gasteiger partial charge in [0.2, 0.25) is 5.91 Å². The van der Waals surface area contributed by atoms with Crippen molar-refractivity contribution in [3.05, 3.63) is 92.2 Å². The van der Waals surface area contributed by atoms with Crippen LogP contribution in [0.15, 0.2) is 69.6 Å². The molecule has 2 heterocycles. The van der Waals surface area contributed by atoms with Gasteiger partial charge in [0.1, 0.15) is 22.8 Å². The van der Waals surface area contributed by atoms with Gasteiger partial charge in [0.15, 0.2) is 0 Å². The lowest BCUT2D eigenvalue weighted by molar-refractivity contribution is -0.116. The number of nitrogens with one attached hydrogen (secondary N) is 1. The Kier molecular flexibility index (Phi) is 5.68. The van der Waals surface area contributed by atoms with Gasteiger partial charge in [0, 0.05) is 0 Å². The van der Waals surface area contributed by atoms with Crippen LogP contribution in [0.1, 0.15) is 5.56 Å². The normalized spacial score (nSPS) is 10.9. The van der Waals surface area contributed by atoms with Crippen LogP contribution in [0.3, 0.4) is 0 Å². The highest BCUT2D eigenvalue weighted by Gasteiger charge is 2.17. The fraction of sp³-hybridized carbons (Fsp3) is 0.136. The van der Waals surface area contributed by atoms with Gasteiger partial charge in [0.05, 0.1) is 24.9 Å². The molecule has 0 radical (unpaired) electrons. The quantitative estimate of drug-likeness (QED) is 0.501. The zero-order chi connectivity index (χ0) is 22.0. The third-order valence-corrected chi connectivity index (χ3v) is 5.68. The Morgan fingerprint density at radius 3 is 2.52 bits per heavy atom. The first-order valence-corrected chi connectivity index (χ1v) is 10.2. The smallest absolute Gasteiger partial charge is 0.332 e. The minimum atomic E-state index is -0.615. The first-order valence-electron chi connectivity index (χ1n) is 9.36. The van der Waals surface area contributed by atoms with Crippen LogP contribution in [0, 0.1) is 5.82 Å². The summed E-state index contributed by atoms with van der Waals surface area (Å²) in [5.74, 6) is -0.491. The first-order chi connectivity index (χ1) is 15.0. The molecule has 0 bridgehead atoms. The van der Waals surface area contributed by atoms with Crippen LogP contribution >= 0.6 is 11.3 Å². The molecular weight excluding hydrogens is 421 g/mol. The van der Waals surface area contributed by atoms with E-state index in [0.29, 0.717) is 16.0 Å². The maximum absolute atomic E-state index is 13.8. The van der Waals surface area contributed by atoms with E-state index < -0.39 is 23.0 Å². The van der Waals surface area contributed by atoms with Crippen LogP contribution in [0.2, 0.25) is 0 Å². The molecule has 31 heavy (non-hydrogen) atoms. The van der Waals surface area contributed by atoms with Crippen LogP contribution in [-0.2, 0) is 17.9 Å². The van der Waals surface area contributed by atoms with Crippen molar-refractivity contribution >= 4 is 33.1 Å². The van der Waals surface area contributed by atoms with Gasteiger partial charge in [-0.2, -0.15) is 0 Å². The van der Waals surface area contributed by atoms with Gasteiger partial charge in [-0.25, -0.2) is 9.18 Å². The number of fused-ring (bicyclic) bond motifs is 1. The number of carbonyl (C=O) groups is 1. The SMILES string of the molecule is COc1ccc(Cn2c(=O)c3sccc3n(CC(=O)Nc3ccccc3F)c2=O)cc1. The molecule has 0 aliphatic rings.